The summed E-state index contributed by atoms with van der Waals surface area (Å²) in [7, 11) is 0. The normalized spacial score (nSPS) is 11.7. The zero-order chi connectivity index (χ0) is 37.5. The zero-order valence-electron chi connectivity index (χ0n) is 36.3. The Morgan fingerprint density at radius 1 is 0.308 bits per heavy atom. The van der Waals surface area contributed by atoms with Crippen molar-refractivity contribution < 1.29 is 9.53 Å². The molecule has 0 heterocycles. The summed E-state index contributed by atoms with van der Waals surface area (Å²) in [4.78, 5) is 11.9. The fourth-order valence-corrected chi connectivity index (χ4v) is 7.71. The first kappa shape index (κ1) is 51.2. The van der Waals surface area contributed by atoms with Gasteiger partial charge in [0, 0.05) is 6.42 Å². The molecule has 2 nitrogen and oxygen atoms in total. The minimum atomic E-state index is 0.0184. The molecule has 0 spiro atoms. The van der Waals surface area contributed by atoms with Crippen molar-refractivity contribution in [1.82, 2.24) is 0 Å². The molecular formula is C50H98O2. The van der Waals surface area contributed by atoms with E-state index >= 15 is 0 Å². The molecule has 0 bridgehead atoms. The average molecular weight is 731 g/mol. The molecule has 0 aliphatic carbocycles. The maximum Gasteiger partial charge on any atom is 0.305 e. The molecule has 0 aromatic rings. The van der Waals surface area contributed by atoms with Gasteiger partial charge in [-0.1, -0.05) is 270 Å². The molecule has 0 saturated heterocycles. The second kappa shape index (κ2) is 48.2. The Morgan fingerprint density at radius 2 is 0.558 bits per heavy atom. The number of ether oxygens (including phenoxy) is 1. The molecule has 0 aliphatic heterocycles. The molecule has 0 fully saturated rings. The second-order valence-corrected chi connectivity index (χ2v) is 16.8. The molecule has 0 aromatic carbocycles. The van der Waals surface area contributed by atoms with Gasteiger partial charge in [0.2, 0.25) is 0 Å². The van der Waals surface area contributed by atoms with Gasteiger partial charge >= 0.3 is 5.97 Å². The van der Waals surface area contributed by atoms with Crippen molar-refractivity contribution in [3.8, 4) is 0 Å². The Morgan fingerprint density at radius 3 is 0.885 bits per heavy atom. The monoisotopic (exact) mass is 731 g/mol. The Hall–Kier alpha value is -0.790. The molecule has 0 aromatic heterocycles. The van der Waals surface area contributed by atoms with Crippen molar-refractivity contribution in [2.24, 2.45) is 0 Å². The summed E-state index contributed by atoms with van der Waals surface area (Å²) in [6.45, 7) is 5.18. The van der Waals surface area contributed by atoms with Crippen molar-refractivity contribution in [3.63, 3.8) is 0 Å². The lowest BCUT2D eigenvalue weighted by molar-refractivity contribution is -0.143. The smallest absolute Gasteiger partial charge is 0.305 e. The summed E-state index contributed by atoms with van der Waals surface area (Å²) in [5.74, 6) is 0.0184. The number of esters is 1. The Labute approximate surface area is 329 Å². The third-order valence-corrected chi connectivity index (χ3v) is 11.4. The van der Waals surface area contributed by atoms with Crippen molar-refractivity contribution in [2.45, 2.75) is 296 Å². The van der Waals surface area contributed by atoms with Crippen molar-refractivity contribution in [3.05, 3.63) is 12.2 Å². The van der Waals surface area contributed by atoms with E-state index in [9.17, 15) is 4.79 Å². The minimum absolute atomic E-state index is 0.0184. The lowest BCUT2D eigenvalue weighted by Gasteiger charge is -2.06. The van der Waals surface area contributed by atoms with E-state index in [0.717, 1.165) is 19.3 Å². The molecule has 2 heteroatoms. The first-order valence-electron chi connectivity index (χ1n) is 24.6. The van der Waals surface area contributed by atoms with Gasteiger partial charge in [0.1, 0.15) is 0 Å². The number of allylic oxidation sites excluding steroid dienone is 2. The van der Waals surface area contributed by atoms with Gasteiger partial charge in [-0.05, 0) is 32.1 Å². The van der Waals surface area contributed by atoms with Gasteiger partial charge in [-0.25, -0.2) is 0 Å². The van der Waals surface area contributed by atoms with Crippen LogP contribution in [0.5, 0.6) is 0 Å². The number of carbonyl (C=O) groups is 1. The highest BCUT2D eigenvalue weighted by Gasteiger charge is 2.03. The molecular weight excluding hydrogens is 633 g/mol. The van der Waals surface area contributed by atoms with Crippen molar-refractivity contribution in [1.29, 1.82) is 0 Å². The predicted octanol–water partition coefficient (Wildman–Crippen LogP) is 18.3. The fraction of sp³-hybridized carbons (Fsp3) is 0.940. The van der Waals surface area contributed by atoms with E-state index in [1.54, 1.807) is 0 Å². The van der Waals surface area contributed by atoms with Gasteiger partial charge in [0.15, 0.2) is 0 Å². The Kier molecular flexibility index (Phi) is 47.5. The summed E-state index contributed by atoms with van der Waals surface area (Å²) < 4.78 is 5.46. The van der Waals surface area contributed by atoms with Crippen LogP contribution in [0, 0.1) is 0 Å². The average Bonchev–Trinajstić information content (AvgIpc) is 3.15. The van der Waals surface area contributed by atoms with E-state index in [1.165, 1.54) is 257 Å². The molecule has 0 rings (SSSR count). The van der Waals surface area contributed by atoms with Crippen LogP contribution in [-0.4, -0.2) is 12.6 Å². The minimum Gasteiger partial charge on any atom is -0.466 e. The van der Waals surface area contributed by atoms with Gasteiger partial charge in [-0.3, -0.25) is 4.79 Å². The van der Waals surface area contributed by atoms with Crippen LogP contribution in [0.4, 0.5) is 0 Å². The molecule has 0 saturated carbocycles. The Bertz CT molecular complexity index is 669. The van der Waals surface area contributed by atoms with Gasteiger partial charge in [0.25, 0.3) is 0 Å². The molecule has 310 valence electrons. The molecule has 0 aliphatic rings. The zero-order valence-corrected chi connectivity index (χ0v) is 36.3. The summed E-state index contributed by atoms with van der Waals surface area (Å²) in [5, 5.41) is 0. The first-order chi connectivity index (χ1) is 25.8. The highest BCUT2D eigenvalue weighted by molar-refractivity contribution is 5.69. The van der Waals surface area contributed by atoms with Crippen LogP contribution in [0.15, 0.2) is 12.2 Å². The first-order valence-corrected chi connectivity index (χ1v) is 24.6. The van der Waals surface area contributed by atoms with Gasteiger partial charge in [0.05, 0.1) is 6.61 Å². The van der Waals surface area contributed by atoms with Gasteiger partial charge < -0.3 is 4.74 Å². The second-order valence-electron chi connectivity index (χ2n) is 16.8. The van der Waals surface area contributed by atoms with E-state index in [0.29, 0.717) is 13.0 Å². The largest absolute Gasteiger partial charge is 0.466 e. The molecule has 0 unspecified atom stereocenters. The number of unbranched alkanes of at least 4 members (excludes halogenated alkanes) is 40. The molecule has 0 radical (unpaired) electrons. The molecule has 0 N–H and O–H groups in total. The van der Waals surface area contributed by atoms with Crippen LogP contribution in [0.25, 0.3) is 0 Å². The Balaban J connectivity index is 3.12. The molecule has 52 heavy (non-hydrogen) atoms. The number of carbonyl (C=O) groups excluding carboxylic acids is 1. The van der Waals surface area contributed by atoms with Crippen LogP contribution in [0.1, 0.15) is 296 Å². The standard InChI is InChI=1S/C50H98O2/c1-3-5-7-9-11-13-15-16-17-18-19-20-21-22-23-24-25-26-27-28-29-30-31-32-33-34-35-36-37-39-41-43-45-47-49-52-50(51)48-46-44-42-40-38-14-12-10-8-6-4-2/h10,12H,3-9,11,13-49H2,1-2H3/b12-10-. The summed E-state index contributed by atoms with van der Waals surface area (Å²) >= 11 is 0. The molecule has 0 atom stereocenters. The lowest BCUT2D eigenvalue weighted by Crippen LogP contribution is -2.05. The fourth-order valence-electron chi connectivity index (χ4n) is 7.71. The maximum absolute atomic E-state index is 11.9. The molecule has 0 amide bonds. The van der Waals surface area contributed by atoms with Crippen molar-refractivity contribution in [2.75, 3.05) is 6.61 Å². The van der Waals surface area contributed by atoms with Crippen molar-refractivity contribution >= 4 is 5.97 Å². The summed E-state index contributed by atoms with van der Waals surface area (Å²) in [6, 6.07) is 0. The van der Waals surface area contributed by atoms with Gasteiger partial charge in [-0.15, -0.1) is 0 Å². The van der Waals surface area contributed by atoms with Crippen LogP contribution < -0.4 is 0 Å². The quantitative estimate of drug-likeness (QED) is 0.0354. The summed E-state index contributed by atoms with van der Waals surface area (Å²) in [6.07, 6.45) is 65.1. The SMILES string of the molecule is CCCC/C=C\CCCCCCCC(=O)OCCCCCCCCCCCCCCCCCCCCCCCCCCCCCCCCCCCC. The maximum atomic E-state index is 11.9. The van der Waals surface area contributed by atoms with Crippen LogP contribution in [0.2, 0.25) is 0 Å². The van der Waals surface area contributed by atoms with E-state index in [1.807, 2.05) is 0 Å². The van der Waals surface area contributed by atoms with Crippen LogP contribution >= 0.6 is 0 Å². The van der Waals surface area contributed by atoms with E-state index in [4.69, 9.17) is 4.74 Å². The van der Waals surface area contributed by atoms with E-state index < -0.39 is 0 Å². The highest BCUT2D eigenvalue weighted by Crippen LogP contribution is 2.17. The van der Waals surface area contributed by atoms with Crippen LogP contribution in [0.3, 0.4) is 0 Å². The third-order valence-electron chi connectivity index (χ3n) is 11.4. The predicted molar refractivity (Wildman–Crippen MR) is 235 cm³/mol. The topological polar surface area (TPSA) is 26.3 Å². The van der Waals surface area contributed by atoms with E-state index in [-0.39, 0.29) is 5.97 Å². The number of hydrogen-bond acceptors (Lipinski definition) is 2. The number of hydrogen-bond donors (Lipinski definition) is 0. The number of rotatable bonds is 46. The van der Waals surface area contributed by atoms with Gasteiger partial charge in [-0.2, -0.15) is 0 Å². The third kappa shape index (κ3) is 47.2. The highest BCUT2D eigenvalue weighted by atomic mass is 16.5. The lowest BCUT2D eigenvalue weighted by atomic mass is 10.0. The van der Waals surface area contributed by atoms with Crippen LogP contribution in [-0.2, 0) is 9.53 Å². The summed E-state index contributed by atoms with van der Waals surface area (Å²) in [5.41, 5.74) is 0. The van der Waals surface area contributed by atoms with E-state index in [2.05, 4.69) is 26.0 Å².